The minimum atomic E-state index is 0.0410. The van der Waals surface area contributed by atoms with Gasteiger partial charge in [-0.25, -0.2) is 0 Å². The molecule has 1 atom stereocenters. The minimum absolute atomic E-state index is 0.0410. The summed E-state index contributed by atoms with van der Waals surface area (Å²) in [6, 6.07) is 8.23. The quantitative estimate of drug-likeness (QED) is 0.836. The number of rotatable bonds is 3. The molecule has 1 unspecified atom stereocenters. The molecule has 86 valence electrons. The molecule has 0 spiro atoms. The van der Waals surface area contributed by atoms with Gasteiger partial charge in [-0.05, 0) is 24.1 Å². The smallest absolute Gasteiger partial charge is 0.226 e. The number of carbonyl (C=O) groups excluding carboxylic acids is 1. The van der Waals surface area contributed by atoms with E-state index in [9.17, 15) is 4.79 Å². The van der Waals surface area contributed by atoms with Crippen LogP contribution in [0.25, 0.3) is 0 Å². The third-order valence-electron chi connectivity index (χ3n) is 3.17. The first-order valence-electron chi connectivity index (χ1n) is 5.78. The van der Waals surface area contributed by atoms with Crippen molar-refractivity contribution in [1.29, 1.82) is 0 Å². The molecule has 0 aromatic heterocycles. The van der Waals surface area contributed by atoms with E-state index in [2.05, 4.69) is 12.1 Å². The summed E-state index contributed by atoms with van der Waals surface area (Å²) in [4.78, 5) is 14.0. The third-order valence-corrected chi connectivity index (χ3v) is 3.17. The molecule has 1 heterocycles. The van der Waals surface area contributed by atoms with Crippen LogP contribution in [-0.4, -0.2) is 17.4 Å². The number of amides is 1. The van der Waals surface area contributed by atoms with E-state index in [1.165, 1.54) is 11.1 Å². The highest BCUT2D eigenvalue weighted by atomic mass is 16.2. The molecule has 1 aromatic rings. The van der Waals surface area contributed by atoms with Crippen molar-refractivity contribution in [3.05, 3.63) is 35.4 Å². The van der Waals surface area contributed by atoms with Crippen LogP contribution in [0.5, 0.6) is 0 Å². The first kappa shape index (κ1) is 11.1. The predicted octanol–water partition coefficient (Wildman–Crippen LogP) is 1.51. The molecule has 1 amide bonds. The normalized spacial score (nSPS) is 16.0. The molecule has 0 bridgehead atoms. The molecule has 0 saturated carbocycles. The summed E-state index contributed by atoms with van der Waals surface area (Å²) in [6.07, 6.45) is 0.770. The first-order valence-corrected chi connectivity index (χ1v) is 5.78. The second-order valence-electron chi connectivity index (χ2n) is 4.44. The highest BCUT2D eigenvalue weighted by molar-refractivity contribution is 5.79. The molecule has 0 aliphatic carbocycles. The van der Waals surface area contributed by atoms with Crippen molar-refractivity contribution in [3.63, 3.8) is 0 Å². The van der Waals surface area contributed by atoms with Crippen molar-refractivity contribution >= 4 is 5.91 Å². The molecule has 1 aliphatic rings. The molecule has 2 rings (SSSR count). The van der Waals surface area contributed by atoms with Crippen LogP contribution >= 0.6 is 0 Å². The zero-order chi connectivity index (χ0) is 11.5. The van der Waals surface area contributed by atoms with E-state index in [1.54, 1.807) is 0 Å². The van der Waals surface area contributed by atoms with Crippen molar-refractivity contribution in [2.45, 2.75) is 26.4 Å². The maximum absolute atomic E-state index is 12.1. The van der Waals surface area contributed by atoms with Crippen LogP contribution in [0, 0.1) is 5.92 Å². The van der Waals surface area contributed by atoms with Gasteiger partial charge in [0.2, 0.25) is 5.91 Å². The highest BCUT2D eigenvalue weighted by Crippen LogP contribution is 2.24. The Hall–Kier alpha value is -1.35. The van der Waals surface area contributed by atoms with Gasteiger partial charge in [0.05, 0.1) is 0 Å². The zero-order valence-corrected chi connectivity index (χ0v) is 9.65. The number of fused-ring (bicyclic) bond motifs is 1. The van der Waals surface area contributed by atoms with E-state index in [0.29, 0.717) is 6.54 Å². The van der Waals surface area contributed by atoms with Gasteiger partial charge in [-0.1, -0.05) is 31.2 Å². The van der Waals surface area contributed by atoms with E-state index in [-0.39, 0.29) is 11.8 Å². The highest BCUT2D eigenvalue weighted by Gasteiger charge is 2.25. The molecule has 1 aliphatic heterocycles. The molecule has 16 heavy (non-hydrogen) atoms. The fourth-order valence-electron chi connectivity index (χ4n) is 2.17. The SMILES string of the molecule is CC(CCN)C(=O)N1Cc2ccccc2C1. The average molecular weight is 218 g/mol. The monoisotopic (exact) mass is 218 g/mol. The maximum Gasteiger partial charge on any atom is 0.226 e. The van der Waals surface area contributed by atoms with Crippen LogP contribution < -0.4 is 5.73 Å². The largest absolute Gasteiger partial charge is 0.334 e. The molecular formula is C13H18N2O. The molecule has 0 fully saturated rings. The lowest BCUT2D eigenvalue weighted by Crippen LogP contribution is -2.31. The fraction of sp³-hybridized carbons (Fsp3) is 0.462. The Kier molecular flexibility index (Phi) is 3.25. The van der Waals surface area contributed by atoms with Crippen molar-refractivity contribution < 1.29 is 4.79 Å². The van der Waals surface area contributed by atoms with Crippen LogP contribution in [0.3, 0.4) is 0 Å². The van der Waals surface area contributed by atoms with Crippen LogP contribution in [0.15, 0.2) is 24.3 Å². The number of hydrogen-bond acceptors (Lipinski definition) is 2. The van der Waals surface area contributed by atoms with Crippen molar-refractivity contribution in [2.24, 2.45) is 11.7 Å². The second-order valence-corrected chi connectivity index (χ2v) is 4.44. The van der Waals surface area contributed by atoms with E-state index in [0.717, 1.165) is 19.5 Å². The topological polar surface area (TPSA) is 46.3 Å². The summed E-state index contributed by atoms with van der Waals surface area (Å²) in [5.74, 6) is 0.265. The standard InChI is InChI=1S/C13H18N2O/c1-10(6-7-14)13(16)15-8-11-4-2-3-5-12(11)9-15/h2-5,10H,6-9,14H2,1H3. The summed E-state index contributed by atoms with van der Waals surface area (Å²) in [6.45, 7) is 4.04. The van der Waals surface area contributed by atoms with Gasteiger partial charge >= 0.3 is 0 Å². The number of carbonyl (C=O) groups is 1. The van der Waals surface area contributed by atoms with Gasteiger partial charge in [0.1, 0.15) is 0 Å². The summed E-state index contributed by atoms with van der Waals surface area (Å²) in [7, 11) is 0. The number of benzene rings is 1. The number of nitrogens with two attached hydrogens (primary N) is 1. The third kappa shape index (κ3) is 2.09. The Morgan fingerprint density at radius 3 is 2.44 bits per heavy atom. The molecule has 0 saturated heterocycles. The van der Waals surface area contributed by atoms with Gasteiger partial charge in [-0.2, -0.15) is 0 Å². The van der Waals surface area contributed by atoms with Gasteiger partial charge in [0, 0.05) is 19.0 Å². The summed E-state index contributed by atoms with van der Waals surface area (Å²) >= 11 is 0. The van der Waals surface area contributed by atoms with Gasteiger partial charge in [0.25, 0.3) is 0 Å². The van der Waals surface area contributed by atoms with Crippen molar-refractivity contribution in [2.75, 3.05) is 6.54 Å². The lowest BCUT2D eigenvalue weighted by atomic mass is 10.1. The van der Waals surface area contributed by atoms with Crippen LogP contribution in [-0.2, 0) is 17.9 Å². The lowest BCUT2D eigenvalue weighted by molar-refractivity contribution is -0.135. The van der Waals surface area contributed by atoms with E-state index in [4.69, 9.17) is 5.73 Å². The summed E-state index contributed by atoms with van der Waals surface area (Å²) in [5.41, 5.74) is 8.03. The molecule has 3 heteroatoms. The van der Waals surface area contributed by atoms with Gasteiger partial charge in [0.15, 0.2) is 0 Å². The Bertz CT molecular complexity index is 364. The summed E-state index contributed by atoms with van der Waals surface area (Å²) in [5, 5.41) is 0. The van der Waals surface area contributed by atoms with Crippen LogP contribution in [0.1, 0.15) is 24.5 Å². The van der Waals surface area contributed by atoms with Gasteiger partial charge in [-0.3, -0.25) is 4.79 Å². The van der Waals surface area contributed by atoms with Crippen molar-refractivity contribution in [3.8, 4) is 0 Å². The molecule has 0 radical (unpaired) electrons. The number of nitrogens with zero attached hydrogens (tertiary/aromatic N) is 1. The van der Waals surface area contributed by atoms with Gasteiger partial charge < -0.3 is 10.6 Å². The van der Waals surface area contributed by atoms with Gasteiger partial charge in [-0.15, -0.1) is 0 Å². The predicted molar refractivity (Wildman–Crippen MR) is 63.5 cm³/mol. The molecule has 3 nitrogen and oxygen atoms in total. The Morgan fingerprint density at radius 2 is 1.94 bits per heavy atom. The van der Waals surface area contributed by atoms with E-state index >= 15 is 0 Å². The van der Waals surface area contributed by atoms with Crippen molar-refractivity contribution in [1.82, 2.24) is 4.90 Å². The molecular weight excluding hydrogens is 200 g/mol. The second kappa shape index (κ2) is 4.66. The van der Waals surface area contributed by atoms with E-state index < -0.39 is 0 Å². The fourth-order valence-corrected chi connectivity index (χ4v) is 2.17. The maximum atomic E-state index is 12.1. The number of hydrogen-bond donors (Lipinski definition) is 1. The minimum Gasteiger partial charge on any atom is -0.334 e. The zero-order valence-electron chi connectivity index (χ0n) is 9.65. The Labute approximate surface area is 96.2 Å². The Morgan fingerprint density at radius 1 is 1.38 bits per heavy atom. The Balaban J connectivity index is 2.03. The average Bonchev–Trinajstić information content (AvgIpc) is 2.71. The molecule has 1 aromatic carbocycles. The first-order chi connectivity index (χ1) is 7.72. The summed E-state index contributed by atoms with van der Waals surface area (Å²) < 4.78 is 0. The van der Waals surface area contributed by atoms with Crippen LogP contribution in [0.2, 0.25) is 0 Å². The lowest BCUT2D eigenvalue weighted by Gasteiger charge is -2.19. The van der Waals surface area contributed by atoms with E-state index in [1.807, 2.05) is 24.0 Å². The van der Waals surface area contributed by atoms with Crippen LogP contribution in [0.4, 0.5) is 0 Å². The molecule has 2 N–H and O–H groups in total.